The average molecular weight is 470 g/mol. The predicted octanol–water partition coefficient (Wildman–Crippen LogP) is 4.79. The molecule has 2 N–H and O–H groups in total. The molecule has 9 heteroatoms. The van der Waals surface area contributed by atoms with E-state index in [4.69, 9.17) is 21.1 Å². The van der Waals surface area contributed by atoms with Crippen LogP contribution in [0, 0.1) is 30.1 Å². The summed E-state index contributed by atoms with van der Waals surface area (Å²) >= 11 is 6.24. The maximum absolute atomic E-state index is 12.8. The first kappa shape index (κ1) is 21.0. The molecule has 8 nitrogen and oxygen atoms in total. The Labute approximate surface area is 197 Å². The van der Waals surface area contributed by atoms with Crippen molar-refractivity contribution in [1.82, 2.24) is 19.8 Å². The smallest absolute Gasteiger partial charge is 0.314 e. The van der Waals surface area contributed by atoms with Crippen LogP contribution in [0.25, 0.3) is 17.0 Å². The summed E-state index contributed by atoms with van der Waals surface area (Å²) in [6.07, 6.45) is 6.97. The highest BCUT2D eigenvalue weighted by Crippen LogP contribution is 2.60. The molecule has 4 bridgehead atoms. The van der Waals surface area contributed by atoms with Crippen LogP contribution in [-0.2, 0) is 14.3 Å². The highest BCUT2D eigenvalue weighted by molar-refractivity contribution is 6.34. The summed E-state index contributed by atoms with van der Waals surface area (Å²) in [5.74, 6) is 2.82. The van der Waals surface area contributed by atoms with Crippen LogP contribution >= 0.6 is 11.6 Å². The van der Waals surface area contributed by atoms with E-state index in [0.717, 1.165) is 54.0 Å². The summed E-state index contributed by atoms with van der Waals surface area (Å²) < 4.78 is 12.6. The Kier molecular flexibility index (Phi) is 5.10. The van der Waals surface area contributed by atoms with Gasteiger partial charge in [-0.1, -0.05) is 11.6 Å². The molecule has 174 valence electrons. The number of benzene rings is 1. The van der Waals surface area contributed by atoms with Gasteiger partial charge in [-0.2, -0.15) is 5.10 Å². The van der Waals surface area contributed by atoms with Gasteiger partial charge in [0.1, 0.15) is 11.8 Å². The van der Waals surface area contributed by atoms with Crippen molar-refractivity contribution in [3.63, 3.8) is 0 Å². The molecule has 4 fully saturated rings. The second-order valence-electron chi connectivity index (χ2n) is 10.1. The van der Waals surface area contributed by atoms with Crippen molar-refractivity contribution < 1.29 is 14.3 Å². The number of aromatic amines is 1. The summed E-state index contributed by atoms with van der Waals surface area (Å²) in [4.78, 5) is 16.0. The molecule has 4 aliphatic carbocycles. The fraction of sp³-hybridized carbons (Fsp3) is 0.542. The Bertz CT molecular complexity index is 1150. The molecule has 2 heterocycles. The zero-order valence-electron chi connectivity index (χ0n) is 18.6. The van der Waals surface area contributed by atoms with Crippen LogP contribution in [0.15, 0.2) is 24.3 Å². The highest BCUT2D eigenvalue weighted by Gasteiger charge is 2.55. The molecule has 4 aliphatic rings. The Morgan fingerprint density at radius 1 is 1.15 bits per heavy atom. The molecule has 3 aromatic rings. The monoisotopic (exact) mass is 469 g/mol. The van der Waals surface area contributed by atoms with Crippen molar-refractivity contribution in [1.29, 1.82) is 0 Å². The first-order chi connectivity index (χ1) is 16.0. The van der Waals surface area contributed by atoms with E-state index in [1.165, 1.54) is 23.9 Å². The Balaban J connectivity index is 0.983. The number of aryl methyl sites for hydroxylation is 1. The van der Waals surface area contributed by atoms with Gasteiger partial charge in [0.25, 0.3) is 0 Å². The molecule has 1 aromatic carbocycles. The second-order valence-corrected chi connectivity index (χ2v) is 10.4. The number of nitrogens with one attached hydrogen (secondary N) is 2. The quantitative estimate of drug-likeness (QED) is 0.293. The molecule has 2 aromatic heterocycles. The Morgan fingerprint density at radius 2 is 1.82 bits per heavy atom. The zero-order chi connectivity index (χ0) is 22.6. The van der Waals surface area contributed by atoms with E-state index >= 15 is 0 Å². The standard InChI is InChI=1S/C24H28ClN5O3/c1-14-20(25)22-27-21(29-30(22)28-14)18-2-4-19(5-3-18)26-12-32-13-33-23(31)24-9-15-6-16(10-24)8-17(7-15)11-24/h2-5,15-17,26H,6-13H2,1H3,(H,27,29). The van der Waals surface area contributed by atoms with Gasteiger partial charge in [0, 0.05) is 11.3 Å². The molecule has 0 radical (unpaired) electrons. The Morgan fingerprint density at radius 3 is 2.45 bits per heavy atom. The molecule has 0 unspecified atom stereocenters. The van der Waals surface area contributed by atoms with E-state index in [0.29, 0.717) is 16.5 Å². The number of halogens is 1. The van der Waals surface area contributed by atoms with Gasteiger partial charge < -0.3 is 19.8 Å². The summed E-state index contributed by atoms with van der Waals surface area (Å²) in [6.45, 7) is 2.09. The van der Waals surface area contributed by atoms with Crippen LogP contribution in [-0.4, -0.2) is 39.3 Å². The van der Waals surface area contributed by atoms with Gasteiger partial charge in [0.2, 0.25) is 0 Å². The molecule has 0 aliphatic heterocycles. The van der Waals surface area contributed by atoms with Gasteiger partial charge in [0.05, 0.1) is 11.1 Å². The number of H-pyrrole nitrogens is 1. The maximum Gasteiger partial charge on any atom is 0.314 e. The lowest BCUT2D eigenvalue weighted by Crippen LogP contribution is -2.50. The lowest BCUT2D eigenvalue weighted by atomic mass is 9.49. The lowest BCUT2D eigenvalue weighted by molar-refractivity contribution is -0.182. The van der Waals surface area contributed by atoms with Gasteiger partial charge in [-0.05, 0) is 87.5 Å². The molecule has 7 rings (SSSR count). The number of ether oxygens (including phenoxy) is 2. The van der Waals surface area contributed by atoms with Gasteiger partial charge >= 0.3 is 5.97 Å². The largest absolute Gasteiger partial charge is 0.438 e. The Hall–Kier alpha value is -2.58. The van der Waals surface area contributed by atoms with E-state index < -0.39 is 0 Å². The topological polar surface area (TPSA) is 93.5 Å². The number of carbonyl (C=O) groups excluding carboxylic acids is 1. The summed E-state index contributed by atoms with van der Waals surface area (Å²) in [6, 6.07) is 7.79. The minimum Gasteiger partial charge on any atom is -0.438 e. The molecule has 0 saturated heterocycles. The molecule has 0 spiro atoms. The summed E-state index contributed by atoms with van der Waals surface area (Å²) in [7, 11) is 0. The van der Waals surface area contributed by atoms with Crippen LogP contribution < -0.4 is 5.32 Å². The zero-order valence-corrected chi connectivity index (χ0v) is 19.4. The van der Waals surface area contributed by atoms with Crippen molar-refractivity contribution in [3.05, 3.63) is 35.0 Å². The third kappa shape index (κ3) is 3.79. The van der Waals surface area contributed by atoms with Crippen LogP contribution in [0.3, 0.4) is 0 Å². The number of aromatic nitrogens is 4. The maximum atomic E-state index is 12.8. The number of hydrogen-bond acceptors (Lipinski definition) is 6. The molecular formula is C24H28ClN5O3. The van der Waals surface area contributed by atoms with E-state index in [-0.39, 0.29) is 24.9 Å². The van der Waals surface area contributed by atoms with Crippen LogP contribution in [0.2, 0.25) is 5.02 Å². The molecular weight excluding hydrogens is 442 g/mol. The van der Waals surface area contributed by atoms with Crippen molar-refractivity contribution in [2.75, 3.05) is 18.8 Å². The van der Waals surface area contributed by atoms with Crippen molar-refractivity contribution in [2.45, 2.75) is 45.4 Å². The third-order valence-corrected chi connectivity index (χ3v) is 8.14. The van der Waals surface area contributed by atoms with Gasteiger partial charge in [0.15, 0.2) is 18.3 Å². The molecule has 0 atom stereocenters. The third-order valence-electron chi connectivity index (χ3n) is 7.68. The fourth-order valence-electron chi connectivity index (χ4n) is 6.57. The van der Waals surface area contributed by atoms with Crippen LogP contribution in [0.4, 0.5) is 5.69 Å². The first-order valence-electron chi connectivity index (χ1n) is 11.7. The molecule has 4 saturated carbocycles. The minimum absolute atomic E-state index is 0.0158. The highest BCUT2D eigenvalue weighted by atomic mass is 35.5. The van der Waals surface area contributed by atoms with E-state index in [2.05, 4.69) is 20.5 Å². The van der Waals surface area contributed by atoms with E-state index in [1.54, 1.807) is 0 Å². The number of carbonyl (C=O) groups is 1. The predicted molar refractivity (Wildman–Crippen MR) is 124 cm³/mol. The fourth-order valence-corrected chi connectivity index (χ4v) is 6.73. The number of anilines is 1. The average Bonchev–Trinajstić information content (AvgIpc) is 3.32. The molecule has 0 amide bonds. The minimum atomic E-state index is -0.238. The van der Waals surface area contributed by atoms with Gasteiger partial charge in [-0.25, -0.2) is 0 Å². The first-order valence-corrected chi connectivity index (χ1v) is 12.1. The molecule has 33 heavy (non-hydrogen) atoms. The van der Waals surface area contributed by atoms with Crippen molar-refractivity contribution in [3.8, 4) is 11.4 Å². The van der Waals surface area contributed by atoms with E-state index in [1.807, 2.05) is 31.2 Å². The van der Waals surface area contributed by atoms with Crippen molar-refractivity contribution >= 4 is 28.9 Å². The second kappa shape index (κ2) is 8.02. The SMILES string of the molecule is Cc1nn2nc(-c3ccc(NCOCOC(=O)C45CC6CC(CC(C6)C4)C5)cc3)[nH]c2c1Cl. The number of rotatable bonds is 7. The van der Waals surface area contributed by atoms with Gasteiger partial charge in [-0.3, -0.25) is 4.79 Å². The number of hydrogen-bond donors (Lipinski definition) is 2. The van der Waals surface area contributed by atoms with Crippen LogP contribution in [0.5, 0.6) is 0 Å². The number of esters is 1. The van der Waals surface area contributed by atoms with Gasteiger partial charge in [-0.15, -0.1) is 9.73 Å². The van der Waals surface area contributed by atoms with E-state index in [9.17, 15) is 4.79 Å². The lowest BCUT2D eigenvalue weighted by Gasteiger charge is -2.55. The number of fused-ring (bicyclic) bond motifs is 1. The van der Waals surface area contributed by atoms with Crippen LogP contribution in [0.1, 0.15) is 44.2 Å². The summed E-state index contributed by atoms with van der Waals surface area (Å²) in [5, 5.41) is 12.5. The van der Waals surface area contributed by atoms with Crippen molar-refractivity contribution in [2.24, 2.45) is 23.2 Å². The summed E-state index contributed by atoms with van der Waals surface area (Å²) in [5.41, 5.74) is 3.01. The number of nitrogens with zero attached hydrogens (tertiary/aromatic N) is 3. The normalized spacial score (nSPS) is 27.9.